The number of piperazine rings is 1. The van der Waals surface area contributed by atoms with Crippen molar-refractivity contribution in [1.29, 1.82) is 5.26 Å². The second kappa shape index (κ2) is 5.88. The molecule has 3 nitrogen and oxygen atoms in total. The highest BCUT2D eigenvalue weighted by atomic mass is 15.2. The molecule has 0 spiro atoms. The van der Waals surface area contributed by atoms with Crippen molar-refractivity contribution >= 4 is 5.69 Å². The molecule has 0 radical (unpaired) electrons. The Bertz CT molecular complexity index is 418. The zero-order valence-electron chi connectivity index (χ0n) is 11.2. The van der Waals surface area contributed by atoms with Gasteiger partial charge in [-0.2, -0.15) is 5.26 Å². The van der Waals surface area contributed by atoms with E-state index in [2.05, 4.69) is 42.3 Å². The SMILES string of the molecule is CCC1CN(c2ccc(C#N)cc2)C(CC)CN1. The molecule has 0 aromatic heterocycles. The smallest absolute Gasteiger partial charge is 0.0991 e. The van der Waals surface area contributed by atoms with Crippen LogP contribution in [0.1, 0.15) is 32.3 Å². The minimum absolute atomic E-state index is 0.556. The lowest BCUT2D eigenvalue weighted by Gasteiger charge is -2.41. The molecule has 0 aliphatic carbocycles. The molecule has 2 atom stereocenters. The van der Waals surface area contributed by atoms with E-state index >= 15 is 0 Å². The van der Waals surface area contributed by atoms with Gasteiger partial charge in [-0.15, -0.1) is 0 Å². The number of rotatable bonds is 3. The van der Waals surface area contributed by atoms with Gasteiger partial charge in [0.25, 0.3) is 0 Å². The highest BCUT2D eigenvalue weighted by Gasteiger charge is 2.25. The Labute approximate surface area is 109 Å². The Balaban J connectivity index is 2.18. The number of anilines is 1. The summed E-state index contributed by atoms with van der Waals surface area (Å²) in [4.78, 5) is 2.48. The van der Waals surface area contributed by atoms with Crippen LogP contribution in [0.5, 0.6) is 0 Å². The van der Waals surface area contributed by atoms with Crippen LogP contribution in [0.2, 0.25) is 0 Å². The number of benzene rings is 1. The molecule has 1 aliphatic rings. The van der Waals surface area contributed by atoms with Gasteiger partial charge in [0.1, 0.15) is 0 Å². The third-order valence-electron chi connectivity index (χ3n) is 3.79. The van der Waals surface area contributed by atoms with Gasteiger partial charge in [-0.25, -0.2) is 0 Å². The van der Waals surface area contributed by atoms with Crippen LogP contribution < -0.4 is 10.2 Å². The Morgan fingerprint density at radius 1 is 1.28 bits per heavy atom. The average Bonchev–Trinajstić information content (AvgIpc) is 2.46. The van der Waals surface area contributed by atoms with Gasteiger partial charge < -0.3 is 10.2 Å². The first-order valence-electron chi connectivity index (χ1n) is 6.78. The fourth-order valence-corrected chi connectivity index (χ4v) is 2.55. The highest BCUT2D eigenvalue weighted by Crippen LogP contribution is 2.22. The number of hydrogen-bond donors (Lipinski definition) is 1. The Hall–Kier alpha value is -1.53. The van der Waals surface area contributed by atoms with Crippen LogP contribution in [0, 0.1) is 11.3 Å². The number of nitriles is 1. The Morgan fingerprint density at radius 3 is 2.56 bits per heavy atom. The number of nitrogens with one attached hydrogen (secondary N) is 1. The van der Waals surface area contributed by atoms with Crippen molar-refractivity contribution in [1.82, 2.24) is 5.32 Å². The lowest BCUT2D eigenvalue weighted by molar-refractivity contribution is 0.379. The van der Waals surface area contributed by atoms with Crippen LogP contribution in [0.25, 0.3) is 0 Å². The first-order valence-corrected chi connectivity index (χ1v) is 6.78. The van der Waals surface area contributed by atoms with Crippen LogP contribution in [-0.4, -0.2) is 25.2 Å². The van der Waals surface area contributed by atoms with Crippen LogP contribution in [0.15, 0.2) is 24.3 Å². The van der Waals surface area contributed by atoms with E-state index in [0.717, 1.165) is 31.5 Å². The summed E-state index contributed by atoms with van der Waals surface area (Å²) in [7, 11) is 0. The summed E-state index contributed by atoms with van der Waals surface area (Å²) in [5, 5.41) is 12.4. The quantitative estimate of drug-likeness (QED) is 0.886. The number of nitrogens with zero attached hydrogens (tertiary/aromatic N) is 2. The highest BCUT2D eigenvalue weighted by molar-refractivity contribution is 5.51. The maximum atomic E-state index is 8.84. The molecule has 1 fully saturated rings. The molecule has 0 bridgehead atoms. The van der Waals surface area contributed by atoms with E-state index in [0.29, 0.717) is 12.1 Å². The summed E-state index contributed by atoms with van der Waals surface area (Å²) in [6.07, 6.45) is 2.30. The molecule has 18 heavy (non-hydrogen) atoms. The first-order chi connectivity index (χ1) is 8.78. The maximum Gasteiger partial charge on any atom is 0.0991 e. The molecule has 1 heterocycles. The summed E-state index contributed by atoms with van der Waals surface area (Å²) in [6.45, 7) is 6.56. The van der Waals surface area contributed by atoms with Gasteiger partial charge in [-0.05, 0) is 37.1 Å². The van der Waals surface area contributed by atoms with E-state index in [1.807, 2.05) is 12.1 Å². The van der Waals surface area contributed by atoms with Crippen LogP contribution in [-0.2, 0) is 0 Å². The molecule has 2 unspecified atom stereocenters. The van der Waals surface area contributed by atoms with Crippen molar-refractivity contribution in [2.24, 2.45) is 0 Å². The molecule has 1 aromatic rings. The second-order valence-electron chi connectivity index (χ2n) is 4.89. The molecular weight excluding hydrogens is 222 g/mol. The zero-order chi connectivity index (χ0) is 13.0. The summed E-state index contributed by atoms with van der Waals surface area (Å²) >= 11 is 0. The third-order valence-corrected chi connectivity index (χ3v) is 3.79. The second-order valence-corrected chi connectivity index (χ2v) is 4.89. The normalized spacial score (nSPS) is 23.7. The first kappa shape index (κ1) is 12.9. The van der Waals surface area contributed by atoms with Gasteiger partial charge in [0.15, 0.2) is 0 Å². The van der Waals surface area contributed by atoms with Crippen molar-refractivity contribution in [2.45, 2.75) is 38.8 Å². The summed E-state index contributed by atoms with van der Waals surface area (Å²) in [6, 6.07) is 11.3. The van der Waals surface area contributed by atoms with E-state index in [1.165, 1.54) is 5.69 Å². The van der Waals surface area contributed by atoms with Crippen molar-refractivity contribution in [2.75, 3.05) is 18.0 Å². The van der Waals surface area contributed by atoms with Crippen LogP contribution in [0.4, 0.5) is 5.69 Å². The van der Waals surface area contributed by atoms with Gasteiger partial charge in [0.2, 0.25) is 0 Å². The van der Waals surface area contributed by atoms with Crippen LogP contribution >= 0.6 is 0 Å². The van der Waals surface area contributed by atoms with Gasteiger partial charge in [-0.1, -0.05) is 13.8 Å². The predicted molar refractivity (Wildman–Crippen MR) is 74.7 cm³/mol. The molecular formula is C15H21N3. The van der Waals surface area contributed by atoms with Gasteiger partial charge in [0, 0.05) is 30.9 Å². The van der Waals surface area contributed by atoms with E-state index in [1.54, 1.807) is 0 Å². The fourth-order valence-electron chi connectivity index (χ4n) is 2.55. The average molecular weight is 243 g/mol. The predicted octanol–water partition coefficient (Wildman–Crippen LogP) is 2.53. The Kier molecular flexibility index (Phi) is 4.22. The molecule has 1 aromatic carbocycles. The largest absolute Gasteiger partial charge is 0.366 e. The monoisotopic (exact) mass is 243 g/mol. The topological polar surface area (TPSA) is 39.1 Å². The fraction of sp³-hybridized carbons (Fsp3) is 0.533. The molecule has 96 valence electrons. The van der Waals surface area contributed by atoms with E-state index in [4.69, 9.17) is 5.26 Å². The van der Waals surface area contributed by atoms with Gasteiger partial charge in [-0.3, -0.25) is 0 Å². The molecule has 2 rings (SSSR count). The number of hydrogen-bond acceptors (Lipinski definition) is 3. The minimum atomic E-state index is 0.556. The minimum Gasteiger partial charge on any atom is -0.366 e. The summed E-state index contributed by atoms with van der Waals surface area (Å²) in [5.74, 6) is 0. The molecule has 1 aliphatic heterocycles. The third kappa shape index (κ3) is 2.65. The Morgan fingerprint density at radius 2 is 2.00 bits per heavy atom. The summed E-state index contributed by atoms with van der Waals surface area (Å²) < 4.78 is 0. The van der Waals surface area contributed by atoms with E-state index in [9.17, 15) is 0 Å². The van der Waals surface area contributed by atoms with Gasteiger partial charge >= 0.3 is 0 Å². The zero-order valence-corrected chi connectivity index (χ0v) is 11.2. The lowest BCUT2D eigenvalue weighted by atomic mass is 10.0. The van der Waals surface area contributed by atoms with E-state index in [-0.39, 0.29) is 0 Å². The van der Waals surface area contributed by atoms with Crippen molar-refractivity contribution < 1.29 is 0 Å². The van der Waals surface area contributed by atoms with Crippen LogP contribution in [0.3, 0.4) is 0 Å². The molecule has 1 saturated heterocycles. The van der Waals surface area contributed by atoms with Crippen molar-refractivity contribution in [3.8, 4) is 6.07 Å². The van der Waals surface area contributed by atoms with Gasteiger partial charge in [0.05, 0.1) is 11.6 Å². The molecule has 1 N–H and O–H groups in total. The van der Waals surface area contributed by atoms with E-state index < -0.39 is 0 Å². The molecule has 3 heteroatoms. The van der Waals surface area contributed by atoms with Crippen molar-refractivity contribution in [3.63, 3.8) is 0 Å². The standard InChI is InChI=1S/C15H21N3/c1-3-13-11-18(14(4-2)10-17-13)15-7-5-12(9-16)6-8-15/h5-8,13-14,17H,3-4,10-11H2,1-2H3. The molecule has 0 saturated carbocycles. The maximum absolute atomic E-state index is 8.84. The molecule has 0 amide bonds. The lowest BCUT2D eigenvalue weighted by Crippen LogP contribution is -2.56. The summed E-state index contributed by atoms with van der Waals surface area (Å²) in [5.41, 5.74) is 1.97. The van der Waals surface area contributed by atoms with Crippen molar-refractivity contribution in [3.05, 3.63) is 29.8 Å².